The van der Waals surface area contributed by atoms with E-state index in [-0.39, 0.29) is 22.3 Å². The summed E-state index contributed by atoms with van der Waals surface area (Å²) in [5, 5.41) is 0. The summed E-state index contributed by atoms with van der Waals surface area (Å²) in [4.78, 5) is 5.60. The second kappa shape index (κ2) is 10.1. The van der Waals surface area contributed by atoms with Gasteiger partial charge in [0.1, 0.15) is 5.60 Å². The number of alkyl halides is 5. The second-order valence-electron chi connectivity index (χ2n) is 10.7. The molecule has 11 heteroatoms. The van der Waals surface area contributed by atoms with Gasteiger partial charge in [-0.3, -0.25) is 0 Å². The lowest BCUT2D eigenvalue weighted by atomic mass is 9.85. The number of hydrogen-bond donors (Lipinski definition) is 0. The standard InChI is InChI=1S/C27H33F5N2O3S/c1-18(24(2,3)37-23-11-10-21(17-33-23)26(6,28)29)34-14-12-19(13-15-34)25(4,5)38(35,36)22-9-7-8-20(16-22)27(30,31)32/h7-11,16-17,19H,1,12-15H2,2-6H3. The summed E-state index contributed by atoms with van der Waals surface area (Å²) in [6.07, 6.45) is -2.64. The maximum atomic E-state index is 13.5. The van der Waals surface area contributed by atoms with Crippen molar-refractivity contribution < 1.29 is 35.1 Å². The molecule has 1 aliphatic rings. The molecule has 0 amide bonds. The van der Waals surface area contributed by atoms with Crippen molar-refractivity contribution in [2.75, 3.05) is 13.1 Å². The van der Waals surface area contributed by atoms with Crippen molar-refractivity contribution in [3.8, 4) is 5.88 Å². The van der Waals surface area contributed by atoms with Gasteiger partial charge in [-0.2, -0.15) is 13.2 Å². The third kappa shape index (κ3) is 6.13. The van der Waals surface area contributed by atoms with Crippen LogP contribution in [0, 0.1) is 5.92 Å². The molecule has 1 aromatic heterocycles. The van der Waals surface area contributed by atoms with Crippen molar-refractivity contribution in [3.63, 3.8) is 0 Å². The molecule has 1 aliphatic heterocycles. The van der Waals surface area contributed by atoms with Crippen molar-refractivity contribution in [2.24, 2.45) is 5.92 Å². The van der Waals surface area contributed by atoms with E-state index in [0.29, 0.717) is 37.7 Å². The van der Waals surface area contributed by atoms with Gasteiger partial charge < -0.3 is 9.64 Å². The lowest BCUT2D eigenvalue weighted by Crippen LogP contribution is -2.48. The molecular formula is C27H33F5N2O3S. The number of sulfone groups is 1. The van der Waals surface area contributed by atoms with E-state index < -0.39 is 37.8 Å². The second-order valence-corrected chi connectivity index (χ2v) is 13.3. The summed E-state index contributed by atoms with van der Waals surface area (Å²) in [6.45, 7) is 12.5. The molecule has 0 radical (unpaired) electrons. The van der Waals surface area contributed by atoms with E-state index in [9.17, 15) is 30.4 Å². The molecule has 1 aromatic carbocycles. The lowest BCUT2D eigenvalue weighted by Gasteiger charge is -2.44. The molecule has 0 saturated carbocycles. The summed E-state index contributed by atoms with van der Waals surface area (Å²) in [5.41, 5.74) is -1.56. The molecule has 0 N–H and O–H groups in total. The van der Waals surface area contributed by atoms with Gasteiger partial charge in [-0.1, -0.05) is 12.6 Å². The zero-order valence-corrected chi connectivity index (χ0v) is 22.9. The molecule has 0 atom stereocenters. The Hall–Kier alpha value is -2.69. The quantitative estimate of drug-likeness (QED) is 0.331. The van der Waals surface area contributed by atoms with Crippen LogP contribution in [0.3, 0.4) is 0 Å². The highest BCUT2D eigenvalue weighted by molar-refractivity contribution is 7.92. The zero-order chi connectivity index (χ0) is 28.7. The van der Waals surface area contributed by atoms with Crippen LogP contribution in [-0.2, 0) is 21.9 Å². The number of nitrogens with zero attached hydrogens (tertiary/aromatic N) is 2. The highest BCUT2D eigenvalue weighted by Crippen LogP contribution is 2.41. The largest absolute Gasteiger partial charge is 0.465 e. The van der Waals surface area contributed by atoms with Gasteiger partial charge >= 0.3 is 6.18 Å². The number of ether oxygens (including phenoxy) is 1. The molecule has 3 rings (SSSR count). The minimum absolute atomic E-state index is 0.160. The molecule has 1 saturated heterocycles. The fraction of sp³-hybridized carbons (Fsp3) is 0.519. The maximum absolute atomic E-state index is 13.5. The summed E-state index contributed by atoms with van der Waals surface area (Å²) in [7, 11) is -4.07. The molecule has 2 heterocycles. The minimum atomic E-state index is -4.64. The molecule has 0 unspecified atom stereocenters. The van der Waals surface area contributed by atoms with Gasteiger partial charge in [0.15, 0.2) is 9.84 Å². The average Bonchev–Trinajstić information content (AvgIpc) is 2.82. The molecular weight excluding hydrogens is 527 g/mol. The topological polar surface area (TPSA) is 59.5 Å². The third-order valence-corrected chi connectivity index (χ3v) is 9.92. The predicted molar refractivity (Wildman–Crippen MR) is 135 cm³/mol. The van der Waals surface area contributed by atoms with Crippen molar-refractivity contribution in [1.82, 2.24) is 9.88 Å². The summed E-state index contributed by atoms with van der Waals surface area (Å²) in [6, 6.07) is 6.47. The molecule has 5 nitrogen and oxygen atoms in total. The SMILES string of the molecule is C=C(N1CCC(C(C)(C)S(=O)(=O)c2cccc(C(F)(F)F)c2)CC1)C(C)(C)Oc1ccc(C(C)(F)F)cn1. The van der Waals surface area contributed by atoms with E-state index in [4.69, 9.17) is 4.74 Å². The highest BCUT2D eigenvalue weighted by atomic mass is 32.2. The van der Waals surface area contributed by atoms with Crippen molar-refractivity contribution in [3.05, 3.63) is 66.0 Å². The van der Waals surface area contributed by atoms with Crippen LogP contribution in [0.25, 0.3) is 0 Å². The monoisotopic (exact) mass is 560 g/mol. The Kier molecular flexibility index (Phi) is 7.96. The Balaban J connectivity index is 1.69. The van der Waals surface area contributed by atoms with Crippen LogP contribution in [0.1, 0.15) is 58.6 Å². The fourth-order valence-electron chi connectivity index (χ4n) is 4.61. The van der Waals surface area contributed by atoms with Crippen LogP contribution in [0.4, 0.5) is 22.0 Å². The average molecular weight is 561 g/mol. The number of aromatic nitrogens is 1. The first-order valence-corrected chi connectivity index (χ1v) is 13.6. The van der Waals surface area contributed by atoms with Gasteiger partial charge in [0.2, 0.25) is 5.88 Å². The van der Waals surface area contributed by atoms with Gasteiger partial charge in [-0.25, -0.2) is 22.2 Å². The maximum Gasteiger partial charge on any atom is 0.416 e. The van der Waals surface area contributed by atoms with Gasteiger partial charge in [-0.05, 0) is 70.7 Å². The van der Waals surface area contributed by atoms with Crippen molar-refractivity contribution >= 4 is 9.84 Å². The summed E-state index contributed by atoms with van der Waals surface area (Å²) >= 11 is 0. The van der Waals surface area contributed by atoms with E-state index in [2.05, 4.69) is 11.6 Å². The lowest BCUT2D eigenvalue weighted by molar-refractivity contribution is -0.137. The summed E-state index contributed by atoms with van der Waals surface area (Å²) < 4.78 is 97.9. The van der Waals surface area contributed by atoms with E-state index >= 15 is 0 Å². The molecule has 0 bridgehead atoms. The number of benzene rings is 1. The Bertz CT molecular complexity index is 1260. The molecule has 38 heavy (non-hydrogen) atoms. The summed E-state index contributed by atoms with van der Waals surface area (Å²) in [5.74, 6) is -3.16. The fourth-order valence-corrected chi connectivity index (χ4v) is 6.43. The van der Waals surface area contributed by atoms with Crippen LogP contribution in [-0.4, -0.2) is 41.7 Å². The number of hydrogen-bond acceptors (Lipinski definition) is 5. The van der Waals surface area contributed by atoms with Gasteiger partial charge in [0.25, 0.3) is 5.92 Å². The van der Waals surface area contributed by atoms with Gasteiger partial charge in [0.05, 0.1) is 15.2 Å². The Morgan fingerprint density at radius 3 is 2.08 bits per heavy atom. The number of halogens is 5. The number of piperidine rings is 1. The molecule has 0 aliphatic carbocycles. The first-order valence-electron chi connectivity index (χ1n) is 12.2. The Morgan fingerprint density at radius 1 is 0.974 bits per heavy atom. The van der Waals surface area contributed by atoms with Gasteiger partial charge in [0, 0.05) is 43.5 Å². The van der Waals surface area contributed by atoms with Crippen molar-refractivity contribution in [2.45, 2.75) is 74.8 Å². The predicted octanol–water partition coefficient (Wildman–Crippen LogP) is 6.85. The smallest absolute Gasteiger partial charge is 0.416 e. The molecule has 1 fully saturated rings. The van der Waals surface area contributed by atoms with Crippen LogP contribution < -0.4 is 4.74 Å². The normalized spacial score (nSPS) is 16.4. The first-order chi connectivity index (χ1) is 17.3. The third-order valence-electron chi connectivity index (χ3n) is 7.32. The van der Waals surface area contributed by atoms with E-state index in [0.717, 1.165) is 25.3 Å². The first kappa shape index (κ1) is 29.9. The van der Waals surface area contributed by atoms with Crippen LogP contribution in [0.15, 0.2) is 59.8 Å². The highest BCUT2D eigenvalue weighted by Gasteiger charge is 2.45. The number of rotatable bonds is 8. The number of likely N-dealkylation sites (tertiary alicyclic amines) is 1. The van der Waals surface area contributed by atoms with E-state index in [1.165, 1.54) is 18.2 Å². The van der Waals surface area contributed by atoms with Crippen molar-refractivity contribution in [1.29, 1.82) is 0 Å². The van der Waals surface area contributed by atoms with E-state index in [1.807, 2.05) is 4.90 Å². The van der Waals surface area contributed by atoms with Crippen LogP contribution in [0.2, 0.25) is 0 Å². The Morgan fingerprint density at radius 2 is 1.58 bits per heavy atom. The Labute approximate surface area is 220 Å². The van der Waals surface area contributed by atoms with E-state index in [1.54, 1.807) is 27.7 Å². The van der Waals surface area contributed by atoms with Crippen LogP contribution in [0.5, 0.6) is 5.88 Å². The molecule has 210 valence electrons. The molecule has 0 spiro atoms. The minimum Gasteiger partial charge on any atom is -0.465 e. The molecule has 2 aromatic rings. The van der Waals surface area contributed by atoms with Gasteiger partial charge in [-0.15, -0.1) is 0 Å². The van der Waals surface area contributed by atoms with Crippen LogP contribution >= 0.6 is 0 Å². The number of pyridine rings is 1. The zero-order valence-electron chi connectivity index (χ0n) is 22.1.